The van der Waals surface area contributed by atoms with Gasteiger partial charge in [0.2, 0.25) is 0 Å². The van der Waals surface area contributed by atoms with Crippen LogP contribution in [0.5, 0.6) is 0 Å². The molecule has 130 valence electrons. The zero-order valence-electron chi connectivity index (χ0n) is 14.0. The van der Waals surface area contributed by atoms with Crippen molar-refractivity contribution in [2.24, 2.45) is 0 Å². The second-order valence-corrected chi connectivity index (χ2v) is 6.53. The lowest BCUT2D eigenvalue weighted by molar-refractivity contribution is -0.0390. The van der Waals surface area contributed by atoms with E-state index < -0.39 is 0 Å². The molecule has 0 aliphatic carbocycles. The Morgan fingerprint density at radius 1 is 1.16 bits per heavy atom. The number of nitrogens with zero attached hydrogens (tertiary/aromatic N) is 1. The molecule has 0 unspecified atom stereocenters. The Morgan fingerprint density at radius 2 is 1.96 bits per heavy atom. The number of nitriles is 1. The molecule has 3 rings (SSSR count). The average molecular weight is 357 g/mol. The van der Waals surface area contributed by atoms with Crippen LogP contribution in [0.3, 0.4) is 0 Å². The summed E-state index contributed by atoms with van der Waals surface area (Å²) in [5.41, 5.74) is 3.62. The second kappa shape index (κ2) is 8.87. The van der Waals surface area contributed by atoms with Crippen molar-refractivity contribution >= 4 is 17.3 Å². The SMILES string of the molecule is N#Cc1ccc(Cl)cc1NCc1cccc(COC2CCOCC2)c1. The maximum Gasteiger partial charge on any atom is 0.101 e. The summed E-state index contributed by atoms with van der Waals surface area (Å²) in [7, 11) is 0. The molecule has 5 heteroatoms. The number of halogens is 1. The zero-order valence-corrected chi connectivity index (χ0v) is 14.8. The third-order valence-corrected chi connectivity index (χ3v) is 4.47. The molecule has 0 atom stereocenters. The Balaban J connectivity index is 1.58. The van der Waals surface area contributed by atoms with Gasteiger partial charge in [-0.15, -0.1) is 0 Å². The van der Waals surface area contributed by atoms with Crippen LogP contribution in [0.15, 0.2) is 42.5 Å². The molecule has 1 aliphatic heterocycles. The van der Waals surface area contributed by atoms with Crippen molar-refractivity contribution in [3.05, 3.63) is 64.2 Å². The largest absolute Gasteiger partial charge is 0.381 e. The standard InChI is InChI=1S/C20H21ClN2O2/c21-18-5-4-17(12-22)20(11-18)23-13-15-2-1-3-16(10-15)14-25-19-6-8-24-9-7-19/h1-5,10-11,19,23H,6-9,13-14H2. The smallest absolute Gasteiger partial charge is 0.101 e. The summed E-state index contributed by atoms with van der Waals surface area (Å²) in [6.45, 7) is 2.81. The molecule has 0 bridgehead atoms. The highest BCUT2D eigenvalue weighted by molar-refractivity contribution is 6.30. The maximum absolute atomic E-state index is 9.19. The van der Waals surface area contributed by atoms with Gasteiger partial charge in [0.05, 0.1) is 24.0 Å². The number of anilines is 1. The van der Waals surface area contributed by atoms with Gasteiger partial charge in [-0.2, -0.15) is 5.26 Å². The average Bonchev–Trinajstić information content (AvgIpc) is 2.66. The van der Waals surface area contributed by atoms with Crippen molar-refractivity contribution in [3.63, 3.8) is 0 Å². The van der Waals surface area contributed by atoms with E-state index in [2.05, 4.69) is 29.6 Å². The van der Waals surface area contributed by atoms with Crippen LogP contribution < -0.4 is 5.32 Å². The molecule has 2 aromatic carbocycles. The van der Waals surface area contributed by atoms with Crippen molar-refractivity contribution in [2.75, 3.05) is 18.5 Å². The first-order valence-corrected chi connectivity index (χ1v) is 8.83. The molecule has 2 aromatic rings. The van der Waals surface area contributed by atoms with Gasteiger partial charge in [-0.25, -0.2) is 0 Å². The van der Waals surface area contributed by atoms with Crippen LogP contribution >= 0.6 is 11.6 Å². The lowest BCUT2D eigenvalue weighted by Crippen LogP contribution is -2.23. The Morgan fingerprint density at radius 3 is 2.76 bits per heavy atom. The van der Waals surface area contributed by atoms with Crippen molar-refractivity contribution < 1.29 is 9.47 Å². The fraction of sp³-hybridized carbons (Fsp3) is 0.350. The Kier molecular flexibility index (Phi) is 6.30. The molecule has 0 spiro atoms. The quantitative estimate of drug-likeness (QED) is 0.826. The summed E-state index contributed by atoms with van der Waals surface area (Å²) in [5, 5.41) is 13.1. The Bertz CT molecular complexity index is 752. The van der Waals surface area contributed by atoms with E-state index >= 15 is 0 Å². The van der Waals surface area contributed by atoms with E-state index in [0.29, 0.717) is 29.8 Å². The number of hydrogen-bond donors (Lipinski definition) is 1. The second-order valence-electron chi connectivity index (χ2n) is 6.10. The molecule has 4 nitrogen and oxygen atoms in total. The van der Waals surface area contributed by atoms with Crippen LogP contribution in [0, 0.1) is 11.3 Å². The van der Waals surface area contributed by atoms with Crippen LogP contribution in [-0.4, -0.2) is 19.3 Å². The molecule has 1 aliphatic rings. The fourth-order valence-corrected chi connectivity index (χ4v) is 3.02. The van der Waals surface area contributed by atoms with Gasteiger partial charge in [-0.3, -0.25) is 0 Å². The van der Waals surface area contributed by atoms with Crippen molar-refractivity contribution in [1.29, 1.82) is 5.26 Å². The van der Waals surface area contributed by atoms with E-state index in [1.807, 2.05) is 6.07 Å². The van der Waals surface area contributed by atoms with Gasteiger partial charge in [-0.05, 0) is 42.2 Å². The summed E-state index contributed by atoms with van der Waals surface area (Å²) in [6, 6.07) is 15.7. The third-order valence-electron chi connectivity index (χ3n) is 4.23. The summed E-state index contributed by atoms with van der Waals surface area (Å²) < 4.78 is 11.3. The third kappa shape index (κ3) is 5.20. The molecule has 0 aromatic heterocycles. The lowest BCUT2D eigenvalue weighted by atomic mass is 10.1. The van der Waals surface area contributed by atoms with Crippen LogP contribution in [0.2, 0.25) is 5.02 Å². The topological polar surface area (TPSA) is 54.3 Å². The first kappa shape index (κ1) is 17.8. The fourth-order valence-electron chi connectivity index (χ4n) is 2.84. The minimum absolute atomic E-state index is 0.292. The molecule has 1 fully saturated rings. The van der Waals surface area contributed by atoms with Gasteiger partial charge in [0.1, 0.15) is 6.07 Å². The van der Waals surface area contributed by atoms with Gasteiger partial charge in [0.15, 0.2) is 0 Å². The van der Waals surface area contributed by atoms with Gasteiger partial charge in [-0.1, -0.05) is 35.9 Å². The minimum atomic E-state index is 0.292. The predicted octanol–water partition coefficient (Wildman–Crippen LogP) is 4.52. The summed E-state index contributed by atoms with van der Waals surface area (Å²) >= 11 is 6.02. The molecular formula is C20H21ClN2O2. The lowest BCUT2D eigenvalue weighted by Gasteiger charge is -2.22. The van der Waals surface area contributed by atoms with E-state index in [9.17, 15) is 5.26 Å². The Labute approximate surface area is 153 Å². The summed E-state index contributed by atoms with van der Waals surface area (Å²) in [5.74, 6) is 0. The highest BCUT2D eigenvalue weighted by atomic mass is 35.5. The monoisotopic (exact) mass is 356 g/mol. The molecule has 0 radical (unpaired) electrons. The normalized spacial score (nSPS) is 14.9. The highest BCUT2D eigenvalue weighted by Crippen LogP contribution is 2.21. The van der Waals surface area contributed by atoms with Gasteiger partial charge in [0.25, 0.3) is 0 Å². The maximum atomic E-state index is 9.19. The van der Waals surface area contributed by atoms with Gasteiger partial charge >= 0.3 is 0 Å². The minimum Gasteiger partial charge on any atom is -0.381 e. The Hall–Kier alpha value is -2.06. The van der Waals surface area contributed by atoms with Gasteiger partial charge in [0, 0.05) is 24.8 Å². The van der Waals surface area contributed by atoms with Crippen molar-refractivity contribution in [1.82, 2.24) is 0 Å². The first-order chi connectivity index (χ1) is 12.2. The van der Waals surface area contributed by atoms with Crippen LogP contribution in [0.25, 0.3) is 0 Å². The first-order valence-electron chi connectivity index (χ1n) is 8.45. The van der Waals surface area contributed by atoms with E-state index in [4.69, 9.17) is 21.1 Å². The number of rotatable bonds is 6. The molecule has 0 saturated carbocycles. The highest BCUT2D eigenvalue weighted by Gasteiger charge is 2.14. The molecular weight excluding hydrogens is 336 g/mol. The zero-order chi connectivity index (χ0) is 17.5. The number of nitrogens with one attached hydrogen (secondary N) is 1. The number of benzene rings is 2. The summed E-state index contributed by atoms with van der Waals surface area (Å²) in [6.07, 6.45) is 2.22. The van der Waals surface area contributed by atoms with Crippen LogP contribution in [-0.2, 0) is 22.6 Å². The van der Waals surface area contributed by atoms with Gasteiger partial charge < -0.3 is 14.8 Å². The van der Waals surface area contributed by atoms with E-state index in [1.165, 1.54) is 0 Å². The van der Waals surface area contributed by atoms with Crippen LogP contribution in [0.4, 0.5) is 5.69 Å². The van der Waals surface area contributed by atoms with E-state index in [1.54, 1.807) is 18.2 Å². The molecule has 1 N–H and O–H groups in total. The molecule has 1 heterocycles. The summed E-state index contributed by atoms with van der Waals surface area (Å²) in [4.78, 5) is 0. The number of ether oxygens (including phenoxy) is 2. The van der Waals surface area contributed by atoms with Crippen LogP contribution in [0.1, 0.15) is 29.5 Å². The molecule has 0 amide bonds. The van der Waals surface area contributed by atoms with E-state index in [-0.39, 0.29) is 0 Å². The number of hydrogen-bond acceptors (Lipinski definition) is 4. The molecule has 25 heavy (non-hydrogen) atoms. The predicted molar refractivity (Wildman–Crippen MR) is 98.6 cm³/mol. The molecule has 1 saturated heterocycles. The van der Waals surface area contributed by atoms with E-state index in [0.717, 1.165) is 42.9 Å². The van der Waals surface area contributed by atoms with Crippen molar-refractivity contribution in [2.45, 2.75) is 32.1 Å². The van der Waals surface area contributed by atoms with Crippen molar-refractivity contribution in [3.8, 4) is 6.07 Å².